The molecule has 6 heteroatoms. The lowest BCUT2D eigenvalue weighted by atomic mass is 10.3. The summed E-state index contributed by atoms with van der Waals surface area (Å²) in [6, 6.07) is 5.64. The van der Waals surface area contributed by atoms with Crippen molar-refractivity contribution < 1.29 is 22.6 Å². The summed E-state index contributed by atoms with van der Waals surface area (Å²) in [5.41, 5.74) is 0.740. The molecule has 1 aromatic carbocycles. The second kappa shape index (κ2) is 7.04. The number of hydrogen-bond acceptors (Lipinski definition) is 3. The van der Waals surface area contributed by atoms with Gasteiger partial charge in [-0.25, -0.2) is 0 Å². The van der Waals surface area contributed by atoms with E-state index in [-0.39, 0.29) is 18.1 Å². The maximum absolute atomic E-state index is 12.2. The minimum atomic E-state index is -4.74. The third kappa shape index (κ3) is 6.15. The van der Waals surface area contributed by atoms with Crippen LogP contribution in [0.15, 0.2) is 36.4 Å². The molecule has 1 rings (SSSR count). The Balaban J connectivity index is 2.60. The minimum absolute atomic E-state index is 0.0393. The molecule has 19 heavy (non-hydrogen) atoms. The summed E-state index contributed by atoms with van der Waals surface area (Å²) in [6.07, 6.45) is -4.74. The van der Waals surface area contributed by atoms with Crippen LogP contribution in [0.4, 0.5) is 13.2 Å². The first-order valence-electron chi connectivity index (χ1n) is 5.77. The third-order valence-corrected chi connectivity index (χ3v) is 2.13. The molecule has 0 aliphatic heterocycles. The van der Waals surface area contributed by atoms with E-state index in [1.807, 2.05) is 6.92 Å². The molecular formula is C13H16F3NO2. The molecule has 0 unspecified atom stereocenters. The van der Waals surface area contributed by atoms with Gasteiger partial charge in [-0.05, 0) is 24.3 Å². The quantitative estimate of drug-likeness (QED) is 0.775. The number of hydrogen-bond donors (Lipinski definition) is 1. The Labute approximate surface area is 110 Å². The maximum Gasteiger partial charge on any atom is 0.573 e. The Morgan fingerprint density at radius 2 is 1.89 bits per heavy atom. The number of benzene rings is 1. The van der Waals surface area contributed by atoms with Gasteiger partial charge in [0.05, 0.1) is 0 Å². The summed E-state index contributed by atoms with van der Waals surface area (Å²) >= 11 is 0. The Morgan fingerprint density at radius 1 is 1.26 bits per heavy atom. The van der Waals surface area contributed by atoms with Gasteiger partial charge in [-0.2, -0.15) is 0 Å². The van der Waals surface area contributed by atoms with E-state index < -0.39 is 6.36 Å². The topological polar surface area (TPSA) is 30.5 Å². The number of likely N-dealkylation sites (N-methyl/N-ethyl adjacent to an activating group) is 1. The first-order valence-corrected chi connectivity index (χ1v) is 5.77. The van der Waals surface area contributed by atoms with Gasteiger partial charge >= 0.3 is 6.36 Å². The molecule has 0 spiro atoms. The number of rotatable bonds is 7. The van der Waals surface area contributed by atoms with Crippen LogP contribution in [0.25, 0.3) is 0 Å². The largest absolute Gasteiger partial charge is 0.573 e. The number of ether oxygens (including phenoxy) is 2. The molecule has 0 saturated carbocycles. The number of para-hydroxylation sites is 2. The van der Waals surface area contributed by atoms with Gasteiger partial charge in [0.2, 0.25) is 0 Å². The van der Waals surface area contributed by atoms with Gasteiger partial charge in [-0.15, -0.1) is 13.2 Å². The second-order valence-corrected chi connectivity index (χ2v) is 3.81. The smallest absolute Gasteiger partial charge is 0.485 e. The molecule has 0 aliphatic rings. The number of alkyl halides is 3. The van der Waals surface area contributed by atoms with E-state index in [0.29, 0.717) is 6.54 Å². The van der Waals surface area contributed by atoms with Crippen LogP contribution < -0.4 is 14.8 Å². The van der Waals surface area contributed by atoms with Gasteiger partial charge in [0, 0.05) is 6.54 Å². The van der Waals surface area contributed by atoms with Crippen LogP contribution in [0.2, 0.25) is 0 Å². The normalized spacial score (nSPS) is 11.2. The SMILES string of the molecule is C=C(CNCC)COc1ccccc1OC(F)(F)F. The lowest BCUT2D eigenvalue weighted by Crippen LogP contribution is -2.20. The molecule has 3 nitrogen and oxygen atoms in total. The van der Waals surface area contributed by atoms with Gasteiger partial charge in [0.25, 0.3) is 0 Å². The third-order valence-electron chi connectivity index (χ3n) is 2.13. The standard InChI is InChI=1S/C13H16F3NO2/c1-3-17-8-10(2)9-18-11-6-4-5-7-12(11)19-13(14,15)16/h4-7,17H,2-3,8-9H2,1H3. The fourth-order valence-electron chi connectivity index (χ4n) is 1.31. The first-order chi connectivity index (χ1) is 8.92. The van der Waals surface area contributed by atoms with Crippen LogP contribution >= 0.6 is 0 Å². The average molecular weight is 275 g/mol. The molecule has 0 heterocycles. The summed E-state index contributed by atoms with van der Waals surface area (Å²) < 4.78 is 45.7. The Bertz CT molecular complexity index is 419. The van der Waals surface area contributed by atoms with Gasteiger partial charge < -0.3 is 14.8 Å². The monoisotopic (exact) mass is 275 g/mol. The van der Waals surface area contributed by atoms with Crippen LogP contribution in [-0.4, -0.2) is 26.1 Å². The van der Waals surface area contributed by atoms with E-state index in [4.69, 9.17) is 4.74 Å². The van der Waals surface area contributed by atoms with Crippen molar-refractivity contribution in [2.75, 3.05) is 19.7 Å². The van der Waals surface area contributed by atoms with E-state index in [1.54, 1.807) is 6.07 Å². The fraction of sp³-hybridized carbons (Fsp3) is 0.385. The Morgan fingerprint density at radius 3 is 2.47 bits per heavy atom. The van der Waals surface area contributed by atoms with Crippen molar-refractivity contribution in [1.29, 1.82) is 0 Å². The maximum atomic E-state index is 12.2. The molecule has 0 radical (unpaired) electrons. The molecule has 0 bridgehead atoms. The molecule has 106 valence electrons. The van der Waals surface area contributed by atoms with Crippen molar-refractivity contribution in [3.63, 3.8) is 0 Å². The highest BCUT2D eigenvalue weighted by Gasteiger charge is 2.32. The number of halogens is 3. The molecule has 0 aromatic heterocycles. The van der Waals surface area contributed by atoms with Crippen molar-refractivity contribution in [2.45, 2.75) is 13.3 Å². The van der Waals surface area contributed by atoms with E-state index in [2.05, 4.69) is 16.6 Å². The van der Waals surface area contributed by atoms with Gasteiger partial charge in [0.1, 0.15) is 6.61 Å². The molecule has 0 atom stereocenters. The Hall–Kier alpha value is -1.69. The van der Waals surface area contributed by atoms with Gasteiger partial charge in [-0.3, -0.25) is 0 Å². The predicted octanol–water partition coefficient (Wildman–Crippen LogP) is 3.13. The zero-order chi connectivity index (χ0) is 14.3. The molecule has 0 aliphatic carbocycles. The van der Waals surface area contributed by atoms with Gasteiger partial charge in [-0.1, -0.05) is 25.6 Å². The average Bonchev–Trinajstić information content (AvgIpc) is 2.33. The van der Waals surface area contributed by atoms with Crippen molar-refractivity contribution >= 4 is 0 Å². The predicted molar refractivity (Wildman–Crippen MR) is 66.3 cm³/mol. The summed E-state index contributed by atoms with van der Waals surface area (Å²) in [4.78, 5) is 0. The van der Waals surface area contributed by atoms with E-state index in [9.17, 15) is 13.2 Å². The molecular weight excluding hydrogens is 259 g/mol. The summed E-state index contributed by atoms with van der Waals surface area (Å²) in [6.45, 7) is 7.18. The van der Waals surface area contributed by atoms with E-state index >= 15 is 0 Å². The van der Waals surface area contributed by atoms with Crippen LogP contribution in [0.3, 0.4) is 0 Å². The summed E-state index contributed by atoms with van der Waals surface area (Å²) in [5.74, 6) is -0.316. The molecule has 0 amide bonds. The van der Waals surface area contributed by atoms with Crippen LogP contribution in [0.1, 0.15) is 6.92 Å². The van der Waals surface area contributed by atoms with E-state index in [0.717, 1.165) is 12.1 Å². The zero-order valence-corrected chi connectivity index (χ0v) is 10.6. The molecule has 0 fully saturated rings. The first kappa shape index (κ1) is 15.4. The van der Waals surface area contributed by atoms with Crippen molar-refractivity contribution in [1.82, 2.24) is 5.32 Å². The minimum Gasteiger partial charge on any atom is -0.485 e. The lowest BCUT2D eigenvalue weighted by Gasteiger charge is -2.14. The Kier molecular flexibility index (Phi) is 5.69. The molecule has 1 aromatic rings. The highest BCUT2D eigenvalue weighted by Crippen LogP contribution is 2.31. The summed E-state index contributed by atoms with van der Waals surface area (Å²) in [7, 11) is 0. The van der Waals surface area contributed by atoms with Crippen molar-refractivity contribution in [3.05, 3.63) is 36.4 Å². The molecule has 1 N–H and O–H groups in total. The highest BCUT2D eigenvalue weighted by molar-refractivity contribution is 5.39. The van der Waals surface area contributed by atoms with Crippen molar-refractivity contribution in [3.8, 4) is 11.5 Å². The van der Waals surface area contributed by atoms with Gasteiger partial charge in [0.15, 0.2) is 11.5 Å². The number of nitrogens with one attached hydrogen (secondary N) is 1. The van der Waals surface area contributed by atoms with E-state index in [1.165, 1.54) is 18.2 Å². The van der Waals surface area contributed by atoms with Crippen LogP contribution in [0.5, 0.6) is 11.5 Å². The fourth-order valence-corrected chi connectivity index (χ4v) is 1.31. The molecule has 0 saturated heterocycles. The van der Waals surface area contributed by atoms with Crippen LogP contribution in [-0.2, 0) is 0 Å². The zero-order valence-electron chi connectivity index (χ0n) is 10.6. The second-order valence-electron chi connectivity index (χ2n) is 3.81. The highest BCUT2D eigenvalue weighted by atomic mass is 19.4. The van der Waals surface area contributed by atoms with Crippen LogP contribution in [0, 0.1) is 0 Å². The lowest BCUT2D eigenvalue weighted by molar-refractivity contribution is -0.275. The summed E-state index contributed by atoms with van der Waals surface area (Å²) in [5, 5.41) is 3.05. The van der Waals surface area contributed by atoms with Crippen molar-refractivity contribution in [2.24, 2.45) is 0 Å².